The van der Waals surface area contributed by atoms with Crippen LogP contribution in [0, 0.1) is 0 Å². The van der Waals surface area contributed by atoms with Gasteiger partial charge in [0.25, 0.3) is 0 Å². The summed E-state index contributed by atoms with van der Waals surface area (Å²) in [5.41, 5.74) is 1.20. The van der Waals surface area contributed by atoms with E-state index in [0.717, 1.165) is 5.75 Å². The van der Waals surface area contributed by atoms with Crippen molar-refractivity contribution >= 4 is 6.08 Å². The highest BCUT2D eigenvalue weighted by atomic mass is 16.5. The second-order valence-corrected chi connectivity index (χ2v) is 2.27. The van der Waals surface area contributed by atoms with Crippen molar-refractivity contribution in [2.24, 2.45) is 0 Å². The minimum absolute atomic E-state index is 0. The molecule has 0 radical (unpaired) electrons. The van der Waals surface area contributed by atoms with Gasteiger partial charge in [0.2, 0.25) is 0 Å². The van der Waals surface area contributed by atoms with Gasteiger partial charge in [-0.2, -0.15) is 0 Å². The molecule has 0 aromatic heterocycles. The normalized spacial score (nSPS) is 10.4. The summed E-state index contributed by atoms with van der Waals surface area (Å²) in [6.07, 6.45) is 4.07. The number of methoxy groups -OCH3 is 1. The monoisotopic (exact) mass is 149 g/mol. The van der Waals surface area contributed by atoms with Gasteiger partial charge >= 0.3 is 1.43 Å². The highest BCUT2D eigenvalue weighted by Crippen LogP contribution is 2.11. The molecule has 0 amide bonds. The van der Waals surface area contributed by atoms with Crippen molar-refractivity contribution < 1.29 is 6.16 Å². The molecule has 0 unspecified atom stereocenters. The molecule has 0 heterocycles. The molecule has 1 aromatic carbocycles. The van der Waals surface area contributed by atoms with Crippen molar-refractivity contribution in [2.75, 3.05) is 7.11 Å². The van der Waals surface area contributed by atoms with Crippen LogP contribution < -0.4 is 4.74 Å². The molecule has 1 heteroatoms. The third-order valence-corrected chi connectivity index (χ3v) is 1.47. The molecule has 0 spiro atoms. The van der Waals surface area contributed by atoms with Crippen LogP contribution in [-0.4, -0.2) is 7.11 Å². The van der Waals surface area contributed by atoms with Crippen molar-refractivity contribution in [2.45, 2.75) is 6.92 Å². The number of allylic oxidation sites excluding steroid dienone is 1. The molecule has 58 valence electrons. The van der Waals surface area contributed by atoms with E-state index in [9.17, 15) is 0 Å². The topological polar surface area (TPSA) is 9.23 Å². The zero-order valence-electron chi connectivity index (χ0n) is 7.87. The van der Waals surface area contributed by atoms with Crippen LogP contribution in [0.15, 0.2) is 30.3 Å². The summed E-state index contributed by atoms with van der Waals surface area (Å²) < 4.78 is 5.02. The van der Waals surface area contributed by atoms with Gasteiger partial charge in [-0.1, -0.05) is 24.3 Å². The molecule has 0 saturated carbocycles. The Labute approximate surface area is 68.8 Å². The molecular weight excluding hydrogens is 136 g/mol. The summed E-state index contributed by atoms with van der Waals surface area (Å²) in [7, 11) is 1.67. The van der Waals surface area contributed by atoms with Gasteiger partial charge in [-0.25, -0.2) is 0 Å². The Kier molecular flexibility index (Phi) is 2.73. The average Bonchev–Trinajstić information content (AvgIpc) is 2.07. The summed E-state index contributed by atoms with van der Waals surface area (Å²) >= 11 is 0. The lowest BCUT2D eigenvalue weighted by molar-refractivity contribution is 0.415. The first kappa shape index (κ1) is 7.86. The maximum Gasteiger partial charge on any atom is 1.00 e. The molecule has 0 aliphatic carbocycles. The minimum Gasteiger partial charge on any atom is -0.497 e. The Morgan fingerprint density at radius 3 is 2.36 bits per heavy atom. The fourth-order valence-electron chi connectivity index (χ4n) is 0.907. The van der Waals surface area contributed by atoms with Crippen LogP contribution in [0.25, 0.3) is 6.08 Å². The average molecular weight is 149 g/mol. The number of rotatable bonds is 2. The van der Waals surface area contributed by atoms with Gasteiger partial charge in [0, 0.05) is 0 Å². The van der Waals surface area contributed by atoms with Gasteiger partial charge < -0.3 is 4.74 Å². The van der Waals surface area contributed by atoms with Gasteiger partial charge in [0.1, 0.15) is 5.75 Å². The molecule has 0 N–H and O–H groups in total. The number of ether oxygens (including phenoxy) is 1. The molecule has 11 heavy (non-hydrogen) atoms. The van der Waals surface area contributed by atoms with Gasteiger partial charge in [0.05, 0.1) is 7.11 Å². The highest BCUT2D eigenvalue weighted by Gasteiger charge is 1.87. The first-order valence-electron chi connectivity index (χ1n) is 3.63. The van der Waals surface area contributed by atoms with Gasteiger partial charge in [0.15, 0.2) is 0 Å². The lowest BCUT2D eigenvalue weighted by Crippen LogP contribution is -1.80. The highest BCUT2D eigenvalue weighted by molar-refractivity contribution is 5.50. The van der Waals surface area contributed by atoms with Crippen LogP contribution in [0.2, 0.25) is 0 Å². The molecule has 0 aliphatic heterocycles. The van der Waals surface area contributed by atoms with Crippen molar-refractivity contribution in [3.63, 3.8) is 0 Å². The first-order valence-corrected chi connectivity index (χ1v) is 3.63. The molecule has 0 atom stereocenters. The number of benzene rings is 1. The van der Waals surface area contributed by atoms with Crippen LogP contribution in [-0.2, 0) is 0 Å². The first-order chi connectivity index (χ1) is 5.36. The van der Waals surface area contributed by atoms with E-state index in [1.807, 2.05) is 37.3 Å². The smallest absolute Gasteiger partial charge is 0.497 e. The molecular formula is C10H13O+. The van der Waals surface area contributed by atoms with Crippen LogP contribution in [0.3, 0.4) is 0 Å². The predicted octanol–water partition coefficient (Wildman–Crippen LogP) is 2.84. The van der Waals surface area contributed by atoms with E-state index in [0.29, 0.717) is 0 Å². The summed E-state index contributed by atoms with van der Waals surface area (Å²) in [6, 6.07) is 7.96. The summed E-state index contributed by atoms with van der Waals surface area (Å²) in [5, 5.41) is 0. The summed E-state index contributed by atoms with van der Waals surface area (Å²) in [5.74, 6) is 0.901. The second kappa shape index (κ2) is 3.81. The number of hydrogen-bond donors (Lipinski definition) is 0. The largest absolute Gasteiger partial charge is 1.00 e. The molecule has 0 saturated heterocycles. The van der Waals surface area contributed by atoms with E-state index < -0.39 is 0 Å². The van der Waals surface area contributed by atoms with E-state index in [2.05, 4.69) is 6.08 Å². The quantitative estimate of drug-likeness (QED) is 0.628. The molecule has 1 nitrogen and oxygen atoms in total. The van der Waals surface area contributed by atoms with Gasteiger partial charge in [-0.3, -0.25) is 0 Å². The van der Waals surface area contributed by atoms with Crippen molar-refractivity contribution in [3.05, 3.63) is 35.9 Å². The van der Waals surface area contributed by atoms with Crippen LogP contribution in [0.5, 0.6) is 5.75 Å². The predicted molar refractivity (Wildman–Crippen MR) is 48.8 cm³/mol. The van der Waals surface area contributed by atoms with E-state index >= 15 is 0 Å². The standard InChI is InChI=1S/C10H12O/c1-3-4-9-5-7-10(11-2)8-6-9/h3-8H,1-2H3/p+1/b4-3+. The third kappa shape index (κ3) is 2.11. The van der Waals surface area contributed by atoms with Crippen molar-refractivity contribution in [1.82, 2.24) is 0 Å². The fraction of sp³-hybridized carbons (Fsp3) is 0.200. The maximum absolute atomic E-state index is 5.02. The van der Waals surface area contributed by atoms with E-state index in [4.69, 9.17) is 4.74 Å². The SMILES string of the molecule is C/C=C/c1ccc(OC)cc1.[H+]. The van der Waals surface area contributed by atoms with Crippen LogP contribution in [0.1, 0.15) is 13.9 Å². The Morgan fingerprint density at radius 2 is 1.91 bits per heavy atom. The maximum atomic E-state index is 5.02. The van der Waals surface area contributed by atoms with E-state index in [1.54, 1.807) is 7.11 Å². The molecule has 0 bridgehead atoms. The zero-order valence-corrected chi connectivity index (χ0v) is 6.87. The fourth-order valence-corrected chi connectivity index (χ4v) is 0.907. The lowest BCUT2D eigenvalue weighted by Gasteiger charge is -1.98. The molecule has 1 rings (SSSR count). The summed E-state index contributed by atoms with van der Waals surface area (Å²) in [4.78, 5) is 0. The minimum atomic E-state index is 0. The molecule has 0 aliphatic rings. The Balaban J connectivity index is 0.00000121. The van der Waals surface area contributed by atoms with Crippen molar-refractivity contribution in [1.29, 1.82) is 0 Å². The van der Waals surface area contributed by atoms with Crippen LogP contribution in [0.4, 0.5) is 0 Å². The Morgan fingerprint density at radius 1 is 1.27 bits per heavy atom. The second-order valence-electron chi connectivity index (χ2n) is 2.27. The number of hydrogen-bond acceptors (Lipinski definition) is 1. The van der Waals surface area contributed by atoms with Crippen molar-refractivity contribution in [3.8, 4) is 5.75 Å². The van der Waals surface area contributed by atoms with Crippen LogP contribution >= 0.6 is 0 Å². The van der Waals surface area contributed by atoms with Gasteiger partial charge in [-0.15, -0.1) is 0 Å². The van der Waals surface area contributed by atoms with Gasteiger partial charge in [-0.05, 0) is 24.6 Å². The Hall–Kier alpha value is -1.24. The van der Waals surface area contributed by atoms with E-state index in [-0.39, 0.29) is 1.43 Å². The lowest BCUT2D eigenvalue weighted by atomic mass is 10.2. The Bertz CT molecular complexity index is 239. The zero-order chi connectivity index (χ0) is 8.10. The third-order valence-electron chi connectivity index (χ3n) is 1.47. The van der Waals surface area contributed by atoms with E-state index in [1.165, 1.54) is 5.56 Å². The molecule has 0 fully saturated rings. The summed E-state index contributed by atoms with van der Waals surface area (Å²) in [6.45, 7) is 2.00. The molecule has 1 aromatic rings.